The standard InChI is InChI=1S/C17H13N3OS2/c1-11(16(21)19-13-7-3-2-6-12(13)10-18)22-17-20-14-8-4-5-9-15(14)23-17/h2-9,11H,1H3,(H,19,21)/t11-/m0/s1. The average molecular weight is 339 g/mol. The Labute approximate surface area is 142 Å². The normalized spacial score (nSPS) is 11.8. The van der Waals surface area contributed by atoms with Crippen molar-refractivity contribution >= 4 is 44.9 Å². The molecule has 114 valence electrons. The highest BCUT2D eigenvalue weighted by molar-refractivity contribution is 8.02. The van der Waals surface area contributed by atoms with Gasteiger partial charge < -0.3 is 5.32 Å². The molecule has 23 heavy (non-hydrogen) atoms. The smallest absolute Gasteiger partial charge is 0.237 e. The number of rotatable bonds is 4. The van der Waals surface area contributed by atoms with Crippen LogP contribution in [0.4, 0.5) is 5.69 Å². The molecular formula is C17H13N3OS2. The van der Waals surface area contributed by atoms with E-state index in [0.29, 0.717) is 11.3 Å². The van der Waals surface area contributed by atoms with Gasteiger partial charge in [0.1, 0.15) is 6.07 Å². The molecule has 0 saturated heterocycles. The van der Waals surface area contributed by atoms with Crippen molar-refractivity contribution in [2.45, 2.75) is 16.5 Å². The van der Waals surface area contributed by atoms with Gasteiger partial charge in [-0.05, 0) is 31.2 Å². The fourth-order valence-electron chi connectivity index (χ4n) is 2.03. The van der Waals surface area contributed by atoms with E-state index < -0.39 is 0 Å². The summed E-state index contributed by atoms with van der Waals surface area (Å²) in [5.74, 6) is -0.142. The number of para-hydroxylation sites is 2. The summed E-state index contributed by atoms with van der Waals surface area (Å²) >= 11 is 3.00. The molecule has 1 heterocycles. The van der Waals surface area contributed by atoms with E-state index >= 15 is 0 Å². The first-order valence-corrected chi connectivity index (χ1v) is 8.69. The van der Waals surface area contributed by atoms with Crippen LogP contribution >= 0.6 is 23.1 Å². The molecule has 0 saturated carbocycles. The summed E-state index contributed by atoms with van der Waals surface area (Å²) in [7, 11) is 0. The number of nitrogens with one attached hydrogen (secondary N) is 1. The number of carbonyl (C=O) groups is 1. The van der Waals surface area contributed by atoms with E-state index in [0.717, 1.165) is 14.6 Å². The lowest BCUT2D eigenvalue weighted by Gasteiger charge is -2.11. The van der Waals surface area contributed by atoms with Gasteiger partial charge in [0.05, 0.1) is 26.7 Å². The molecule has 3 aromatic rings. The zero-order chi connectivity index (χ0) is 16.2. The summed E-state index contributed by atoms with van der Waals surface area (Å²) < 4.78 is 1.97. The monoisotopic (exact) mass is 339 g/mol. The van der Waals surface area contributed by atoms with E-state index in [-0.39, 0.29) is 11.2 Å². The Balaban J connectivity index is 1.71. The highest BCUT2D eigenvalue weighted by atomic mass is 32.2. The van der Waals surface area contributed by atoms with Crippen LogP contribution in [0.15, 0.2) is 52.9 Å². The number of nitriles is 1. The van der Waals surface area contributed by atoms with Gasteiger partial charge in [-0.2, -0.15) is 5.26 Å². The Kier molecular flexibility index (Phi) is 4.60. The van der Waals surface area contributed by atoms with Crippen molar-refractivity contribution in [2.24, 2.45) is 0 Å². The third kappa shape index (κ3) is 3.52. The lowest BCUT2D eigenvalue weighted by molar-refractivity contribution is -0.115. The fourth-order valence-corrected chi connectivity index (χ4v) is 4.24. The van der Waals surface area contributed by atoms with Gasteiger partial charge in [-0.1, -0.05) is 36.0 Å². The van der Waals surface area contributed by atoms with E-state index in [1.165, 1.54) is 11.8 Å². The van der Waals surface area contributed by atoms with Crippen molar-refractivity contribution in [1.82, 2.24) is 4.98 Å². The molecule has 2 aromatic carbocycles. The minimum atomic E-state index is -0.303. The van der Waals surface area contributed by atoms with Gasteiger partial charge in [-0.3, -0.25) is 4.79 Å². The molecule has 0 aliphatic carbocycles. The minimum Gasteiger partial charge on any atom is -0.324 e. The van der Waals surface area contributed by atoms with Crippen molar-refractivity contribution in [2.75, 3.05) is 5.32 Å². The molecule has 3 rings (SSSR count). The number of thiazole rings is 1. The van der Waals surface area contributed by atoms with Crippen LogP contribution in [0.1, 0.15) is 12.5 Å². The van der Waals surface area contributed by atoms with E-state index in [2.05, 4.69) is 16.4 Å². The summed E-state index contributed by atoms with van der Waals surface area (Å²) in [6.45, 7) is 1.83. The molecule has 1 N–H and O–H groups in total. The number of aromatic nitrogens is 1. The molecule has 0 radical (unpaired) electrons. The molecule has 0 aliphatic heterocycles. The summed E-state index contributed by atoms with van der Waals surface area (Å²) in [4.78, 5) is 16.9. The molecule has 1 aromatic heterocycles. The highest BCUT2D eigenvalue weighted by Crippen LogP contribution is 2.32. The zero-order valence-corrected chi connectivity index (χ0v) is 13.9. The predicted octanol–water partition coefficient (Wildman–Crippen LogP) is 4.29. The Morgan fingerprint density at radius 1 is 1.26 bits per heavy atom. The van der Waals surface area contributed by atoms with Gasteiger partial charge >= 0.3 is 0 Å². The molecule has 0 fully saturated rings. The fraction of sp³-hybridized carbons (Fsp3) is 0.118. The Bertz CT molecular complexity index is 865. The maximum absolute atomic E-state index is 12.3. The number of hydrogen-bond acceptors (Lipinski definition) is 5. The van der Waals surface area contributed by atoms with Gasteiger partial charge in [0.15, 0.2) is 4.34 Å². The van der Waals surface area contributed by atoms with Crippen molar-refractivity contribution < 1.29 is 4.79 Å². The quantitative estimate of drug-likeness (QED) is 0.720. The number of benzene rings is 2. The third-order valence-corrected chi connectivity index (χ3v) is 5.46. The number of hydrogen-bond donors (Lipinski definition) is 1. The first-order valence-electron chi connectivity index (χ1n) is 6.99. The first-order chi connectivity index (χ1) is 11.2. The average Bonchev–Trinajstić information content (AvgIpc) is 2.97. The maximum Gasteiger partial charge on any atom is 0.237 e. The summed E-state index contributed by atoms with van der Waals surface area (Å²) in [6, 6.07) is 17.0. The van der Waals surface area contributed by atoms with Gasteiger partial charge in [0.25, 0.3) is 0 Å². The van der Waals surface area contributed by atoms with Crippen LogP contribution < -0.4 is 5.32 Å². The molecular weight excluding hydrogens is 326 g/mol. The molecule has 1 amide bonds. The minimum absolute atomic E-state index is 0.142. The maximum atomic E-state index is 12.3. The third-order valence-electron chi connectivity index (χ3n) is 3.23. The van der Waals surface area contributed by atoms with Crippen LogP contribution in [-0.4, -0.2) is 16.1 Å². The van der Waals surface area contributed by atoms with Crippen molar-refractivity contribution in [3.8, 4) is 6.07 Å². The Morgan fingerprint density at radius 3 is 2.78 bits per heavy atom. The van der Waals surface area contributed by atoms with E-state index in [9.17, 15) is 4.79 Å². The Hall–Kier alpha value is -2.36. The van der Waals surface area contributed by atoms with E-state index in [4.69, 9.17) is 5.26 Å². The van der Waals surface area contributed by atoms with Crippen LogP contribution in [-0.2, 0) is 4.79 Å². The molecule has 0 aliphatic rings. The SMILES string of the molecule is C[C@H](Sc1nc2ccccc2s1)C(=O)Nc1ccccc1C#N. The first kappa shape index (κ1) is 15.5. The van der Waals surface area contributed by atoms with Crippen LogP contribution in [0.25, 0.3) is 10.2 Å². The van der Waals surface area contributed by atoms with Crippen molar-refractivity contribution in [3.05, 3.63) is 54.1 Å². The summed E-state index contributed by atoms with van der Waals surface area (Å²) in [5.41, 5.74) is 1.94. The number of fused-ring (bicyclic) bond motifs is 1. The summed E-state index contributed by atoms with van der Waals surface area (Å²) in [6.07, 6.45) is 0. The lowest BCUT2D eigenvalue weighted by Crippen LogP contribution is -2.22. The van der Waals surface area contributed by atoms with Crippen LogP contribution in [0, 0.1) is 11.3 Å². The van der Waals surface area contributed by atoms with Crippen molar-refractivity contribution in [1.29, 1.82) is 5.26 Å². The topological polar surface area (TPSA) is 65.8 Å². The highest BCUT2D eigenvalue weighted by Gasteiger charge is 2.18. The second-order valence-electron chi connectivity index (χ2n) is 4.85. The lowest BCUT2D eigenvalue weighted by atomic mass is 10.2. The number of anilines is 1. The van der Waals surface area contributed by atoms with Crippen LogP contribution in [0.3, 0.4) is 0 Å². The van der Waals surface area contributed by atoms with Gasteiger partial charge in [0.2, 0.25) is 5.91 Å². The van der Waals surface area contributed by atoms with Gasteiger partial charge in [-0.15, -0.1) is 11.3 Å². The van der Waals surface area contributed by atoms with E-state index in [1.807, 2.05) is 31.2 Å². The number of thioether (sulfide) groups is 1. The molecule has 0 unspecified atom stereocenters. The second kappa shape index (κ2) is 6.82. The Morgan fingerprint density at radius 2 is 2.00 bits per heavy atom. The molecule has 4 nitrogen and oxygen atoms in total. The number of nitrogens with zero attached hydrogens (tertiary/aromatic N) is 2. The second-order valence-corrected chi connectivity index (χ2v) is 7.47. The zero-order valence-electron chi connectivity index (χ0n) is 12.3. The largest absolute Gasteiger partial charge is 0.324 e. The molecule has 6 heteroatoms. The van der Waals surface area contributed by atoms with Crippen molar-refractivity contribution in [3.63, 3.8) is 0 Å². The van der Waals surface area contributed by atoms with Gasteiger partial charge in [0, 0.05) is 0 Å². The molecule has 0 bridgehead atoms. The van der Waals surface area contributed by atoms with Crippen LogP contribution in [0.5, 0.6) is 0 Å². The number of amides is 1. The van der Waals surface area contributed by atoms with E-state index in [1.54, 1.807) is 35.6 Å². The van der Waals surface area contributed by atoms with Gasteiger partial charge in [-0.25, -0.2) is 4.98 Å². The molecule has 1 atom stereocenters. The predicted molar refractivity (Wildman–Crippen MR) is 94.7 cm³/mol. The number of carbonyl (C=O) groups excluding carboxylic acids is 1. The molecule has 0 spiro atoms. The van der Waals surface area contributed by atoms with Crippen LogP contribution in [0.2, 0.25) is 0 Å². The summed E-state index contributed by atoms with van der Waals surface area (Å²) in [5, 5.41) is 11.6.